The minimum absolute atomic E-state index is 0.361. The van der Waals surface area contributed by atoms with Crippen LogP contribution in [0.5, 0.6) is 0 Å². The first-order valence-corrected chi connectivity index (χ1v) is 10.5. The van der Waals surface area contributed by atoms with Crippen molar-refractivity contribution in [1.29, 1.82) is 0 Å². The molecule has 0 saturated carbocycles. The van der Waals surface area contributed by atoms with E-state index >= 15 is 0 Å². The number of nitrogens with zero attached hydrogens (tertiary/aromatic N) is 3. The van der Waals surface area contributed by atoms with Gasteiger partial charge in [-0.25, -0.2) is 0 Å². The molecule has 0 bridgehead atoms. The standard InChI is InChI=1S/C22H31N3O7/c26-21-19-17-15-13-11-9-7-5-3-1-2-4-6-8-10-12-14-16-18-20-22(23(27)28,24(29)30)25(31)32/h1,3-4,6-7,9-10,12,16,18,21H,2,5,8,11,13-15,17,19-20H2. The highest BCUT2D eigenvalue weighted by Gasteiger charge is 2.69. The Hall–Kier alpha value is -3.43. The van der Waals surface area contributed by atoms with Crippen molar-refractivity contribution in [1.82, 2.24) is 0 Å². The van der Waals surface area contributed by atoms with Gasteiger partial charge in [-0.15, -0.1) is 0 Å². The van der Waals surface area contributed by atoms with Gasteiger partial charge in [-0.1, -0.05) is 67.2 Å². The molecule has 0 aromatic heterocycles. The zero-order chi connectivity index (χ0) is 24.1. The third-order valence-corrected chi connectivity index (χ3v) is 4.38. The Bertz CT molecular complexity index is 704. The predicted molar refractivity (Wildman–Crippen MR) is 122 cm³/mol. The third kappa shape index (κ3) is 12.3. The van der Waals surface area contributed by atoms with E-state index in [-0.39, 0.29) is 0 Å². The van der Waals surface area contributed by atoms with Crippen molar-refractivity contribution < 1.29 is 19.6 Å². The molecular weight excluding hydrogens is 418 g/mol. The van der Waals surface area contributed by atoms with Gasteiger partial charge in [0.2, 0.25) is 0 Å². The number of carbonyl (C=O) groups is 1. The van der Waals surface area contributed by atoms with Crippen molar-refractivity contribution in [3.05, 3.63) is 91.1 Å². The fourth-order valence-corrected chi connectivity index (χ4v) is 2.53. The van der Waals surface area contributed by atoms with E-state index in [1.54, 1.807) is 6.08 Å². The molecule has 0 spiro atoms. The molecule has 0 aromatic rings. The summed E-state index contributed by atoms with van der Waals surface area (Å²) in [5, 5.41) is 32.4. The average molecular weight is 450 g/mol. The van der Waals surface area contributed by atoms with E-state index in [4.69, 9.17) is 0 Å². The van der Waals surface area contributed by atoms with Gasteiger partial charge in [0.1, 0.15) is 6.29 Å². The number of allylic oxidation sites excluding steroid dienone is 9. The molecule has 0 rings (SSSR count). The summed E-state index contributed by atoms with van der Waals surface area (Å²) in [6.45, 7) is 0. The molecule has 10 nitrogen and oxygen atoms in total. The fourth-order valence-electron chi connectivity index (χ4n) is 2.53. The molecule has 0 aliphatic heterocycles. The van der Waals surface area contributed by atoms with Crippen molar-refractivity contribution in [3.63, 3.8) is 0 Å². The highest BCUT2D eigenvalue weighted by atomic mass is 16.7. The van der Waals surface area contributed by atoms with Gasteiger partial charge in [0, 0.05) is 6.42 Å². The highest BCUT2D eigenvalue weighted by molar-refractivity contribution is 5.48. The molecule has 10 heteroatoms. The van der Waals surface area contributed by atoms with Crippen molar-refractivity contribution in [2.45, 2.75) is 70.0 Å². The summed E-state index contributed by atoms with van der Waals surface area (Å²) in [4.78, 5) is 38.1. The van der Waals surface area contributed by atoms with Crippen LogP contribution >= 0.6 is 0 Å². The minimum atomic E-state index is -3.44. The van der Waals surface area contributed by atoms with Crippen molar-refractivity contribution in [2.75, 3.05) is 0 Å². The molecule has 0 heterocycles. The molecule has 0 aliphatic carbocycles. The minimum Gasteiger partial charge on any atom is -0.303 e. The summed E-state index contributed by atoms with van der Waals surface area (Å²) in [5.41, 5.74) is 0. The Morgan fingerprint density at radius 1 is 0.531 bits per heavy atom. The lowest BCUT2D eigenvalue weighted by Gasteiger charge is -2.06. The molecule has 32 heavy (non-hydrogen) atoms. The maximum Gasteiger partial charge on any atom is 0.703 e. The number of hydrogen-bond acceptors (Lipinski definition) is 7. The van der Waals surface area contributed by atoms with Crippen LogP contribution in [0.25, 0.3) is 0 Å². The van der Waals surface area contributed by atoms with Gasteiger partial charge in [-0.05, 0) is 44.9 Å². The van der Waals surface area contributed by atoms with Gasteiger partial charge in [-0.2, -0.15) is 0 Å². The van der Waals surface area contributed by atoms with E-state index in [0.717, 1.165) is 50.9 Å². The largest absolute Gasteiger partial charge is 0.703 e. The Labute approximate surface area is 187 Å². The first-order valence-electron chi connectivity index (χ1n) is 10.5. The van der Waals surface area contributed by atoms with Crippen LogP contribution in [-0.2, 0) is 4.79 Å². The molecule has 0 unspecified atom stereocenters. The monoisotopic (exact) mass is 449 g/mol. The summed E-state index contributed by atoms with van der Waals surface area (Å²) in [6, 6.07) is 0. The number of carbonyl (C=O) groups excluding carboxylic acids is 1. The smallest absolute Gasteiger partial charge is 0.303 e. The molecular formula is C22H31N3O7. The van der Waals surface area contributed by atoms with Crippen LogP contribution in [0.3, 0.4) is 0 Å². The molecule has 0 radical (unpaired) electrons. The SMILES string of the molecule is O=CCCCCCC=CCC=CCC=CCC=CCC=CCC([N+](=O)[O-])([N+](=O)[O-])[N+](=O)[O-]. The zero-order valence-corrected chi connectivity index (χ0v) is 18.1. The summed E-state index contributed by atoms with van der Waals surface area (Å²) >= 11 is 0. The molecule has 0 atom stereocenters. The van der Waals surface area contributed by atoms with E-state index < -0.39 is 27.0 Å². The normalized spacial score (nSPS) is 12.6. The van der Waals surface area contributed by atoms with Crippen LogP contribution in [0.1, 0.15) is 64.2 Å². The van der Waals surface area contributed by atoms with Gasteiger partial charge in [-0.3, -0.25) is 30.3 Å². The quantitative estimate of drug-likeness (QED) is 0.0644. The van der Waals surface area contributed by atoms with Crippen LogP contribution < -0.4 is 0 Å². The van der Waals surface area contributed by atoms with Crippen LogP contribution in [0, 0.1) is 30.3 Å². The average Bonchev–Trinajstić information content (AvgIpc) is 2.74. The van der Waals surface area contributed by atoms with Gasteiger partial charge >= 0.3 is 5.79 Å². The summed E-state index contributed by atoms with van der Waals surface area (Å²) in [5.74, 6) is -3.44. The first-order chi connectivity index (χ1) is 15.4. The van der Waals surface area contributed by atoms with Crippen LogP contribution in [0.2, 0.25) is 0 Å². The molecule has 0 N–H and O–H groups in total. The molecule has 0 amide bonds. The summed E-state index contributed by atoms with van der Waals surface area (Å²) < 4.78 is 0. The van der Waals surface area contributed by atoms with Crippen molar-refractivity contribution in [2.24, 2.45) is 0 Å². The van der Waals surface area contributed by atoms with Gasteiger partial charge < -0.3 is 4.79 Å². The Morgan fingerprint density at radius 3 is 1.31 bits per heavy atom. The van der Waals surface area contributed by atoms with Crippen LogP contribution in [0.15, 0.2) is 60.8 Å². The molecule has 0 aromatic carbocycles. The van der Waals surface area contributed by atoms with Crippen LogP contribution in [0.4, 0.5) is 0 Å². The third-order valence-electron chi connectivity index (χ3n) is 4.38. The summed E-state index contributed by atoms with van der Waals surface area (Å²) in [7, 11) is 0. The second-order valence-electron chi connectivity index (χ2n) is 6.85. The van der Waals surface area contributed by atoms with E-state index in [1.165, 1.54) is 6.08 Å². The number of nitro groups is 3. The zero-order valence-electron chi connectivity index (χ0n) is 18.1. The number of hydrogen-bond donors (Lipinski definition) is 0. The maximum absolute atomic E-state index is 10.8. The lowest BCUT2D eigenvalue weighted by atomic mass is 10.1. The van der Waals surface area contributed by atoms with Gasteiger partial charge in [0.25, 0.3) is 0 Å². The predicted octanol–water partition coefficient (Wildman–Crippen LogP) is 5.35. The second kappa shape index (κ2) is 18.3. The van der Waals surface area contributed by atoms with Gasteiger partial charge in [0.05, 0.1) is 0 Å². The first kappa shape index (κ1) is 28.6. The van der Waals surface area contributed by atoms with E-state index in [9.17, 15) is 35.1 Å². The molecule has 176 valence electrons. The van der Waals surface area contributed by atoms with Crippen molar-refractivity contribution in [3.8, 4) is 0 Å². The molecule has 0 aliphatic rings. The Morgan fingerprint density at radius 2 is 0.906 bits per heavy atom. The van der Waals surface area contributed by atoms with Crippen molar-refractivity contribution >= 4 is 6.29 Å². The van der Waals surface area contributed by atoms with Crippen LogP contribution in [-0.4, -0.2) is 26.8 Å². The molecule has 0 fully saturated rings. The maximum atomic E-state index is 10.8. The second-order valence-corrected chi connectivity index (χ2v) is 6.85. The number of aldehydes is 1. The highest BCUT2D eigenvalue weighted by Crippen LogP contribution is 2.18. The van der Waals surface area contributed by atoms with E-state index in [1.807, 2.05) is 18.2 Å². The fraction of sp³-hybridized carbons (Fsp3) is 0.500. The van der Waals surface area contributed by atoms with E-state index in [0.29, 0.717) is 19.3 Å². The lowest BCUT2D eigenvalue weighted by molar-refractivity contribution is -0.968. The number of rotatable bonds is 19. The van der Waals surface area contributed by atoms with E-state index in [2.05, 4.69) is 24.3 Å². The lowest BCUT2D eigenvalue weighted by Crippen LogP contribution is -2.52. The summed E-state index contributed by atoms with van der Waals surface area (Å²) in [6.07, 6.45) is 26.2. The topological polar surface area (TPSA) is 146 Å². The molecule has 0 saturated heterocycles. The van der Waals surface area contributed by atoms with Gasteiger partial charge in [0.15, 0.2) is 21.2 Å². The number of unbranched alkanes of at least 4 members (excludes halogenated alkanes) is 4. The Kier molecular flexibility index (Phi) is 16.4. The Balaban J connectivity index is 3.98.